The molecule has 0 amide bonds. The summed E-state index contributed by atoms with van der Waals surface area (Å²) in [6.45, 7) is 3.22. The number of hydrogen-bond donors (Lipinski definition) is 2. The van der Waals surface area contributed by atoms with Crippen LogP contribution in [0.15, 0.2) is 83.9 Å². The van der Waals surface area contributed by atoms with Gasteiger partial charge in [0.05, 0.1) is 31.5 Å². The number of aromatic hydroxyl groups is 1. The molecule has 0 spiro atoms. The van der Waals surface area contributed by atoms with Gasteiger partial charge in [-0.2, -0.15) is 0 Å². The largest absolute Gasteiger partial charge is 0.504 e. The van der Waals surface area contributed by atoms with Crippen LogP contribution in [0.2, 0.25) is 0 Å². The number of hydrogen-bond acceptors (Lipinski definition) is 6. The van der Waals surface area contributed by atoms with Gasteiger partial charge >= 0.3 is 4.87 Å². The minimum atomic E-state index is -0.285. The van der Waals surface area contributed by atoms with Gasteiger partial charge in [-0.1, -0.05) is 61.1 Å². The summed E-state index contributed by atoms with van der Waals surface area (Å²) in [4.78, 5) is 14.0. The van der Waals surface area contributed by atoms with Crippen LogP contribution in [0.25, 0.3) is 16.0 Å². The molecule has 0 bridgehead atoms. The van der Waals surface area contributed by atoms with E-state index in [9.17, 15) is 9.90 Å². The summed E-state index contributed by atoms with van der Waals surface area (Å²) in [7, 11) is 1.67. The molecular formula is C30H31NO5S. The lowest BCUT2D eigenvalue weighted by atomic mass is 9.96. The van der Waals surface area contributed by atoms with Gasteiger partial charge < -0.3 is 19.3 Å². The quantitative estimate of drug-likeness (QED) is 0.163. The van der Waals surface area contributed by atoms with Crippen molar-refractivity contribution >= 4 is 16.9 Å². The minimum absolute atomic E-state index is 0.109. The summed E-state index contributed by atoms with van der Waals surface area (Å²) in [5.41, 5.74) is 5.17. The van der Waals surface area contributed by atoms with Crippen LogP contribution in [0.3, 0.4) is 0 Å². The monoisotopic (exact) mass is 517 g/mol. The van der Waals surface area contributed by atoms with Crippen molar-refractivity contribution in [1.29, 1.82) is 0 Å². The van der Waals surface area contributed by atoms with Crippen LogP contribution in [0.1, 0.15) is 36.5 Å². The van der Waals surface area contributed by atoms with Gasteiger partial charge in [0.25, 0.3) is 0 Å². The van der Waals surface area contributed by atoms with Crippen LogP contribution >= 0.6 is 11.3 Å². The van der Waals surface area contributed by atoms with Gasteiger partial charge in [-0.25, -0.2) is 0 Å². The molecule has 0 saturated carbocycles. The van der Waals surface area contributed by atoms with Crippen LogP contribution in [0.4, 0.5) is 0 Å². The minimum Gasteiger partial charge on any atom is -0.504 e. The van der Waals surface area contributed by atoms with Crippen molar-refractivity contribution in [3.8, 4) is 27.8 Å². The Balaban J connectivity index is 1.33. The van der Waals surface area contributed by atoms with Gasteiger partial charge in [0, 0.05) is 12.0 Å². The average molecular weight is 518 g/mol. The fourth-order valence-electron chi connectivity index (χ4n) is 4.04. The summed E-state index contributed by atoms with van der Waals surface area (Å²) in [5, 5.41) is 9.82. The molecule has 1 heterocycles. The maximum Gasteiger partial charge on any atom is 0.307 e. The second-order valence-electron chi connectivity index (χ2n) is 8.47. The molecule has 7 heteroatoms. The lowest BCUT2D eigenvalue weighted by Crippen LogP contribution is -2.06. The third-order valence-corrected chi connectivity index (χ3v) is 6.69. The number of nitrogens with one attached hydrogen (secondary N) is 1. The first-order valence-corrected chi connectivity index (χ1v) is 13.1. The van der Waals surface area contributed by atoms with Crippen molar-refractivity contribution in [2.45, 2.75) is 26.2 Å². The number of aromatic nitrogens is 1. The van der Waals surface area contributed by atoms with E-state index in [1.54, 1.807) is 13.4 Å². The molecule has 6 nitrogen and oxygen atoms in total. The Hall–Kier alpha value is -3.97. The first-order valence-electron chi connectivity index (χ1n) is 12.3. The Bertz CT molecular complexity index is 1370. The van der Waals surface area contributed by atoms with Crippen molar-refractivity contribution in [1.82, 2.24) is 4.98 Å². The standard InChI is InChI=1S/C30H31NO5S/c1-3-8-24-19-23(26(20-34-2)21-9-5-4-6-10-21)13-16-27(24)36-18-7-17-35-25-14-11-22(12-15-25)28-29(32)31-30(33)37-28/h4-6,9-16,19-20,32H,3,7-8,17-18H2,1-2H3,(H,31,33). The molecule has 0 fully saturated rings. The van der Waals surface area contributed by atoms with Crippen molar-refractivity contribution in [2.24, 2.45) is 0 Å². The number of rotatable bonds is 12. The Labute approximate surface area is 220 Å². The molecule has 2 N–H and O–H groups in total. The highest BCUT2D eigenvalue weighted by atomic mass is 32.1. The number of ether oxygens (including phenoxy) is 3. The Morgan fingerprint density at radius 1 is 0.973 bits per heavy atom. The Kier molecular flexibility index (Phi) is 9.05. The molecule has 4 rings (SSSR count). The van der Waals surface area contributed by atoms with Crippen LogP contribution in [-0.2, 0) is 11.2 Å². The Morgan fingerprint density at radius 3 is 2.41 bits per heavy atom. The third-order valence-electron chi connectivity index (χ3n) is 5.77. The summed E-state index contributed by atoms with van der Waals surface area (Å²) in [5.74, 6) is 1.51. The molecule has 3 aromatic carbocycles. The highest BCUT2D eigenvalue weighted by Crippen LogP contribution is 2.31. The highest BCUT2D eigenvalue weighted by Gasteiger charge is 2.11. The molecular weight excluding hydrogens is 486 g/mol. The fraction of sp³-hybridized carbons (Fsp3) is 0.233. The number of aromatic amines is 1. The normalized spacial score (nSPS) is 11.4. The fourth-order valence-corrected chi connectivity index (χ4v) is 4.77. The lowest BCUT2D eigenvalue weighted by Gasteiger charge is -2.15. The van der Waals surface area contributed by atoms with Gasteiger partial charge in [0.1, 0.15) is 11.5 Å². The SMILES string of the molecule is CCCc1cc(C(=COC)c2ccccc2)ccc1OCCCOc1ccc(-c2sc(=O)[nH]c2O)cc1. The van der Waals surface area contributed by atoms with Gasteiger partial charge in [0.2, 0.25) is 5.88 Å². The van der Waals surface area contributed by atoms with Crippen molar-refractivity contribution < 1.29 is 19.3 Å². The number of H-pyrrole nitrogens is 1. The Morgan fingerprint density at radius 2 is 1.73 bits per heavy atom. The molecule has 4 aromatic rings. The second kappa shape index (κ2) is 12.8. The van der Waals surface area contributed by atoms with E-state index >= 15 is 0 Å². The van der Waals surface area contributed by atoms with Crippen LogP contribution in [0, 0.1) is 0 Å². The summed E-state index contributed by atoms with van der Waals surface area (Å²) in [6.07, 6.45) is 4.46. The van der Waals surface area contributed by atoms with E-state index in [-0.39, 0.29) is 10.8 Å². The van der Waals surface area contributed by atoms with E-state index in [1.807, 2.05) is 48.5 Å². The summed E-state index contributed by atoms with van der Waals surface area (Å²) >= 11 is 0.976. The smallest absolute Gasteiger partial charge is 0.307 e. The van der Waals surface area contributed by atoms with Crippen LogP contribution in [0.5, 0.6) is 17.4 Å². The first-order chi connectivity index (χ1) is 18.1. The third kappa shape index (κ3) is 6.83. The molecule has 0 saturated heterocycles. The van der Waals surface area contributed by atoms with Gasteiger partial charge in [0.15, 0.2) is 0 Å². The molecule has 0 radical (unpaired) electrons. The molecule has 0 aliphatic rings. The van der Waals surface area contributed by atoms with Gasteiger partial charge in [-0.3, -0.25) is 9.78 Å². The van der Waals surface area contributed by atoms with E-state index in [0.717, 1.165) is 64.4 Å². The molecule has 37 heavy (non-hydrogen) atoms. The first kappa shape index (κ1) is 26.1. The number of methoxy groups -OCH3 is 1. The summed E-state index contributed by atoms with van der Waals surface area (Å²) in [6, 6.07) is 23.8. The number of aryl methyl sites for hydroxylation is 1. The van der Waals surface area contributed by atoms with E-state index in [0.29, 0.717) is 18.1 Å². The van der Waals surface area contributed by atoms with Crippen LogP contribution < -0.4 is 14.3 Å². The van der Waals surface area contributed by atoms with Gasteiger partial charge in [-0.15, -0.1) is 0 Å². The topological polar surface area (TPSA) is 80.8 Å². The lowest BCUT2D eigenvalue weighted by molar-refractivity contribution is 0.246. The average Bonchev–Trinajstić information content (AvgIpc) is 3.26. The second-order valence-corrected chi connectivity index (χ2v) is 9.46. The zero-order valence-corrected chi connectivity index (χ0v) is 21.8. The van der Waals surface area contributed by atoms with Crippen molar-refractivity contribution in [3.05, 3.63) is 105 Å². The number of benzene rings is 3. The van der Waals surface area contributed by atoms with Crippen molar-refractivity contribution in [2.75, 3.05) is 20.3 Å². The van der Waals surface area contributed by atoms with Crippen molar-refractivity contribution in [3.63, 3.8) is 0 Å². The molecule has 0 aliphatic heterocycles. The van der Waals surface area contributed by atoms with Gasteiger partial charge in [-0.05, 0) is 65.1 Å². The highest BCUT2D eigenvalue weighted by molar-refractivity contribution is 7.13. The molecule has 0 atom stereocenters. The van der Waals surface area contributed by atoms with E-state index in [2.05, 4.69) is 36.2 Å². The molecule has 192 valence electrons. The van der Waals surface area contributed by atoms with E-state index in [4.69, 9.17) is 14.2 Å². The maximum absolute atomic E-state index is 11.4. The molecule has 1 aromatic heterocycles. The maximum atomic E-state index is 11.4. The summed E-state index contributed by atoms with van der Waals surface area (Å²) < 4.78 is 17.3. The number of thiazole rings is 1. The molecule has 0 unspecified atom stereocenters. The molecule has 0 aliphatic carbocycles. The predicted octanol–water partition coefficient (Wildman–Crippen LogP) is 6.65. The zero-order chi connectivity index (χ0) is 26.0. The van der Waals surface area contributed by atoms with E-state index < -0.39 is 0 Å². The van der Waals surface area contributed by atoms with E-state index in [1.165, 1.54) is 5.56 Å². The predicted molar refractivity (Wildman–Crippen MR) is 149 cm³/mol. The zero-order valence-electron chi connectivity index (χ0n) is 21.0. The van der Waals surface area contributed by atoms with Crippen LogP contribution in [-0.4, -0.2) is 30.4 Å².